The molecule has 0 aliphatic carbocycles. The van der Waals surface area contributed by atoms with Crippen LogP contribution >= 0.6 is 0 Å². The van der Waals surface area contributed by atoms with Crippen molar-refractivity contribution in [2.24, 2.45) is 11.1 Å². The van der Waals surface area contributed by atoms with E-state index >= 15 is 0 Å². The van der Waals surface area contributed by atoms with Gasteiger partial charge in [-0.05, 0) is 24.8 Å². The molecule has 1 aliphatic rings. The summed E-state index contributed by atoms with van der Waals surface area (Å²) in [4.78, 5) is 13.9. The molecular weight excluding hydrogens is 296 g/mol. The summed E-state index contributed by atoms with van der Waals surface area (Å²) in [5.41, 5.74) is 5.50. The van der Waals surface area contributed by atoms with Crippen LogP contribution in [0.15, 0.2) is 12.3 Å². The average molecular weight is 316 g/mol. The van der Waals surface area contributed by atoms with E-state index in [4.69, 9.17) is 10.9 Å². The number of anilines is 1. The molecule has 2 heterocycles. The fourth-order valence-electron chi connectivity index (χ4n) is 2.40. The Hall–Kier alpha value is -1.65. The number of nitrogen functional groups attached to an aromatic ring is 1. The maximum atomic E-state index is 12.2. The van der Waals surface area contributed by atoms with Gasteiger partial charge in [0.25, 0.3) is 10.2 Å². The first kappa shape index (κ1) is 15.7. The molecule has 0 spiro atoms. The lowest BCUT2D eigenvalue weighted by Gasteiger charge is -2.32. The standard InChI is InChI=1S/C11H20N6O3S/c12-10-3-5-17(15-10)8-11(18)16-4-1-2-9(7-16)6-14-21(13,19)20/h3,5,9,14H,1-2,4,6-8H2,(H2,12,15)(H2,13,19,20). The summed E-state index contributed by atoms with van der Waals surface area (Å²) < 4.78 is 25.6. The van der Waals surface area contributed by atoms with E-state index in [1.54, 1.807) is 17.2 Å². The molecule has 9 nitrogen and oxygen atoms in total. The van der Waals surface area contributed by atoms with Gasteiger partial charge in [-0.1, -0.05) is 0 Å². The van der Waals surface area contributed by atoms with Crippen LogP contribution in [0.3, 0.4) is 0 Å². The SMILES string of the molecule is Nc1ccn(CC(=O)N2CCCC(CNS(N)(=O)=O)C2)n1. The smallest absolute Gasteiger partial charge is 0.274 e. The molecule has 1 aliphatic heterocycles. The Kier molecular flexibility index (Phi) is 4.80. The van der Waals surface area contributed by atoms with Crippen LogP contribution in [0.5, 0.6) is 0 Å². The first-order chi connectivity index (χ1) is 9.83. The van der Waals surface area contributed by atoms with E-state index in [2.05, 4.69) is 9.82 Å². The van der Waals surface area contributed by atoms with Crippen molar-refractivity contribution in [3.8, 4) is 0 Å². The van der Waals surface area contributed by atoms with Gasteiger partial charge in [-0.25, -0.2) is 9.86 Å². The molecule has 2 rings (SSSR count). The van der Waals surface area contributed by atoms with E-state index in [1.807, 2.05) is 0 Å². The number of rotatable bonds is 5. The molecule has 1 aromatic rings. The second kappa shape index (κ2) is 6.41. The molecule has 10 heteroatoms. The van der Waals surface area contributed by atoms with Gasteiger partial charge in [0.05, 0.1) is 0 Å². The number of aromatic nitrogens is 2. The average Bonchev–Trinajstić information content (AvgIpc) is 2.81. The highest BCUT2D eigenvalue weighted by molar-refractivity contribution is 7.87. The number of hydrogen-bond acceptors (Lipinski definition) is 5. The Bertz CT molecular complexity index is 599. The quantitative estimate of drug-likeness (QED) is 0.607. The maximum Gasteiger partial charge on any atom is 0.274 e. The van der Waals surface area contributed by atoms with Crippen LogP contribution in [0.25, 0.3) is 0 Å². The second-order valence-corrected chi connectivity index (χ2v) is 6.56. The summed E-state index contributed by atoms with van der Waals surface area (Å²) in [6, 6.07) is 1.63. The number of carbonyl (C=O) groups excluding carboxylic acids is 1. The molecule has 118 valence electrons. The number of piperidine rings is 1. The van der Waals surface area contributed by atoms with Crippen molar-refractivity contribution in [1.29, 1.82) is 0 Å². The number of nitrogens with zero attached hydrogens (tertiary/aromatic N) is 3. The van der Waals surface area contributed by atoms with Gasteiger partial charge in [0.15, 0.2) is 0 Å². The number of amides is 1. The van der Waals surface area contributed by atoms with Crippen molar-refractivity contribution in [3.63, 3.8) is 0 Å². The molecule has 1 atom stereocenters. The highest BCUT2D eigenvalue weighted by atomic mass is 32.2. The van der Waals surface area contributed by atoms with E-state index < -0.39 is 10.2 Å². The molecule has 1 aromatic heterocycles. The third-order valence-electron chi connectivity index (χ3n) is 3.40. The molecule has 1 saturated heterocycles. The molecule has 1 fully saturated rings. The zero-order chi connectivity index (χ0) is 15.5. The van der Waals surface area contributed by atoms with Crippen molar-refractivity contribution in [1.82, 2.24) is 19.4 Å². The topological polar surface area (TPSA) is 136 Å². The third-order valence-corrected chi connectivity index (χ3v) is 3.97. The molecule has 0 radical (unpaired) electrons. The Labute approximate surface area is 123 Å². The van der Waals surface area contributed by atoms with Crippen LogP contribution in [-0.4, -0.2) is 48.6 Å². The maximum absolute atomic E-state index is 12.2. The molecule has 0 bridgehead atoms. The van der Waals surface area contributed by atoms with Crippen molar-refractivity contribution < 1.29 is 13.2 Å². The minimum atomic E-state index is -3.69. The van der Waals surface area contributed by atoms with Gasteiger partial charge in [-0.15, -0.1) is 0 Å². The summed E-state index contributed by atoms with van der Waals surface area (Å²) in [7, 11) is -3.69. The lowest BCUT2D eigenvalue weighted by atomic mass is 9.98. The van der Waals surface area contributed by atoms with Crippen LogP contribution in [0.2, 0.25) is 0 Å². The lowest BCUT2D eigenvalue weighted by Crippen LogP contribution is -2.45. The van der Waals surface area contributed by atoms with E-state index in [-0.39, 0.29) is 24.9 Å². The van der Waals surface area contributed by atoms with Crippen molar-refractivity contribution in [2.75, 3.05) is 25.4 Å². The first-order valence-corrected chi connectivity index (χ1v) is 8.22. The Morgan fingerprint density at radius 1 is 1.52 bits per heavy atom. The fraction of sp³-hybridized carbons (Fsp3) is 0.636. The molecular formula is C11H20N6O3S. The zero-order valence-corrected chi connectivity index (χ0v) is 12.4. The zero-order valence-electron chi connectivity index (χ0n) is 11.6. The normalized spacial score (nSPS) is 19.7. The summed E-state index contributed by atoms with van der Waals surface area (Å²) >= 11 is 0. The van der Waals surface area contributed by atoms with Gasteiger partial charge in [0.2, 0.25) is 5.91 Å². The van der Waals surface area contributed by atoms with Gasteiger partial charge in [-0.2, -0.15) is 13.5 Å². The van der Waals surface area contributed by atoms with Gasteiger partial charge in [-0.3, -0.25) is 9.48 Å². The Balaban J connectivity index is 1.86. The minimum Gasteiger partial charge on any atom is -0.382 e. The predicted molar refractivity (Wildman–Crippen MR) is 77.1 cm³/mol. The van der Waals surface area contributed by atoms with E-state index in [1.165, 1.54) is 4.68 Å². The predicted octanol–water partition coefficient (Wildman–Crippen LogP) is -1.50. The summed E-state index contributed by atoms with van der Waals surface area (Å²) in [5.74, 6) is 0.388. The van der Waals surface area contributed by atoms with Crippen molar-refractivity contribution >= 4 is 21.9 Å². The summed E-state index contributed by atoms with van der Waals surface area (Å²) in [5, 5.41) is 8.88. The van der Waals surface area contributed by atoms with E-state index in [0.717, 1.165) is 12.8 Å². The van der Waals surface area contributed by atoms with Crippen LogP contribution < -0.4 is 15.6 Å². The first-order valence-electron chi connectivity index (χ1n) is 6.67. The van der Waals surface area contributed by atoms with Crippen LogP contribution in [-0.2, 0) is 21.5 Å². The number of nitrogens with one attached hydrogen (secondary N) is 1. The monoisotopic (exact) mass is 316 g/mol. The van der Waals surface area contributed by atoms with Gasteiger partial charge in [0.1, 0.15) is 12.4 Å². The third kappa shape index (κ3) is 4.99. The van der Waals surface area contributed by atoms with Crippen LogP contribution in [0.1, 0.15) is 12.8 Å². The number of hydrogen-bond donors (Lipinski definition) is 3. The number of nitrogens with two attached hydrogens (primary N) is 2. The van der Waals surface area contributed by atoms with Crippen LogP contribution in [0, 0.1) is 5.92 Å². The minimum absolute atomic E-state index is 0.0570. The molecule has 1 unspecified atom stereocenters. The highest BCUT2D eigenvalue weighted by Crippen LogP contribution is 2.16. The van der Waals surface area contributed by atoms with Gasteiger partial charge in [0, 0.05) is 25.8 Å². The van der Waals surface area contributed by atoms with E-state index in [9.17, 15) is 13.2 Å². The molecule has 0 aromatic carbocycles. The number of carbonyl (C=O) groups is 1. The van der Waals surface area contributed by atoms with Gasteiger partial charge >= 0.3 is 0 Å². The van der Waals surface area contributed by atoms with Crippen molar-refractivity contribution in [3.05, 3.63) is 12.3 Å². The summed E-state index contributed by atoms with van der Waals surface area (Å²) in [6.45, 7) is 1.56. The largest absolute Gasteiger partial charge is 0.382 e. The van der Waals surface area contributed by atoms with E-state index in [0.29, 0.717) is 18.9 Å². The second-order valence-electron chi connectivity index (χ2n) is 5.18. The van der Waals surface area contributed by atoms with Gasteiger partial charge < -0.3 is 10.6 Å². The molecule has 0 saturated carbocycles. The van der Waals surface area contributed by atoms with Crippen molar-refractivity contribution in [2.45, 2.75) is 19.4 Å². The lowest BCUT2D eigenvalue weighted by molar-refractivity contribution is -0.133. The Morgan fingerprint density at radius 2 is 2.29 bits per heavy atom. The summed E-state index contributed by atoms with van der Waals surface area (Å²) in [6.07, 6.45) is 3.35. The van der Waals surface area contributed by atoms with Crippen LogP contribution in [0.4, 0.5) is 5.82 Å². The molecule has 1 amide bonds. The molecule has 5 N–H and O–H groups in total. The highest BCUT2D eigenvalue weighted by Gasteiger charge is 2.24. The fourth-order valence-corrected chi connectivity index (χ4v) is 2.86. The Morgan fingerprint density at radius 3 is 2.90 bits per heavy atom. The number of likely N-dealkylation sites (tertiary alicyclic amines) is 1. The molecule has 21 heavy (non-hydrogen) atoms.